The number of carbonyl (C=O) groups is 6. The van der Waals surface area contributed by atoms with Gasteiger partial charge in [0, 0.05) is 47.1 Å². The van der Waals surface area contributed by atoms with Gasteiger partial charge in [-0.15, -0.1) is 31.2 Å². The Morgan fingerprint density at radius 3 is 1.27 bits per heavy atom. The van der Waals surface area contributed by atoms with Crippen molar-refractivity contribution in [2.75, 3.05) is 48.4 Å². The maximum atomic E-state index is 13.9. The molecule has 35 heteroatoms. The normalized spacial score (nSPS) is 17.5. The molecule has 6 atom stereocenters. The summed E-state index contributed by atoms with van der Waals surface area (Å²) < 4.78 is 52.3. The van der Waals surface area contributed by atoms with Crippen molar-refractivity contribution in [3.63, 3.8) is 0 Å². The number of anilines is 4. The second-order valence-corrected chi connectivity index (χ2v) is 24.8. The summed E-state index contributed by atoms with van der Waals surface area (Å²) in [7, 11) is -1.60. The summed E-state index contributed by atoms with van der Waals surface area (Å²) in [5.74, 6) is -5.27. The number of hydrogen-bond donors (Lipinski definition) is 10. The molecule has 2 aliphatic heterocycles. The molecule has 2 saturated heterocycles. The number of hydroxylamine groups is 4. The average molecular weight is 1320 g/mol. The molecule has 2 unspecified atom stereocenters. The summed E-state index contributed by atoms with van der Waals surface area (Å²) in [6, 6.07) is 18.4. The highest BCUT2D eigenvalue weighted by atomic mass is 32.3. The van der Waals surface area contributed by atoms with Gasteiger partial charge in [-0.3, -0.25) is 29.8 Å². The quantitative estimate of drug-likeness (QED) is 0.0129. The minimum atomic E-state index is -5.37. The molecule has 2 aromatic carbocycles. The first-order valence-corrected chi connectivity index (χ1v) is 30.8. The maximum absolute atomic E-state index is 13.9. The lowest BCUT2D eigenvalue weighted by molar-refractivity contribution is -0.656. The van der Waals surface area contributed by atoms with E-state index in [0.29, 0.717) is 23.2 Å². The van der Waals surface area contributed by atoms with E-state index >= 15 is 0 Å². The molecule has 0 aliphatic carbocycles. The Bertz CT molecular complexity index is 3640. The Morgan fingerprint density at radius 2 is 0.978 bits per heavy atom. The van der Waals surface area contributed by atoms with Crippen molar-refractivity contribution >= 4 is 102 Å². The van der Waals surface area contributed by atoms with Gasteiger partial charge in [-0.25, -0.2) is 28.7 Å². The number of hydrogen-bond acceptors (Lipinski definition) is 26. The second kappa shape index (κ2) is 28.0. The monoisotopic (exact) mass is 1320 g/mol. The van der Waals surface area contributed by atoms with Gasteiger partial charge < -0.3 is 62.9 Å². The number of nitrogens with one attached hydrogen (secondary N) is 4. The lowest BCUT2D eigenvalue weighted by Crippen LogP contribution is -2.78. The third kappa shape index (κ3) is 15.9. The van der Waals surface area contributed by atoms with Crippen molar-refractivity contribution in [1.82, 2.24) is 30.7 Å². The fraction of sp³-hybridized carbons (Fsp3) is 0.357. The standard InChI is InChI=1S/C56H66N16O16S3/c1-29(21-57)61-41-19-13-33(23-69(41)7)31-9-15-35(16-10-31)83-25-39(51(77)78)85-67-43(37-27-89-53(59)63-37)47(73)65-45-49(75)71(55(45,3)4)87-91(81,82)88-72-50(76)46(56(72,5)6)66-48(74)44(38-28-90-54(60)64-38)68-86-40(52(79)80)26-84-36-17-11-32(12-18-36)34-14-20-42(70(8)24-34)62-30(2)22-58/h9-20,23-24,27-30,39-40,45-46H,21-22,25-26,57-58H2,1-8H3,(H8,59,60,63,64,65,66,73,74,77,78,79,80)/p+2/b67-43-,68-44-/t29?,30?,39-,40-,45+,46+/m0/s1. The molecule has 6 heterocycles. The van der Waals surface area contributed by atoms with Crippen LogP contribution < -0.4 is 62.8 Å². The van der Waals surface area contributed by atoms with E-state index in [4.69, 9.17) is 50.7 Å². The summed E-state index contributed by atoms with van der Waals surface area (Å²) in [4.78, 5) is 98.5. The zero-order chi connectivity index (χ0) is 66.3. The minimum Gasteiger partial charge on any atom is -0.489 e. The van der Waals surface area contributed by atoms with E-state index in [0.717, 1.165) is 56.6 Å². The first-order chi connectivity index (χ1) is 43.0. The van der Waals surface area contributed by atoms with Crippen LogP contribution in [-0.4, -0.2) is 159 Å². The lowest BCUT2D eigenvalue weighted by atomic mass is 9.84. The molecular weight excluding hydrogens is 1250 g/mol. The molecule has 484 valence electrons. The van der Waals surface area contributed by atoms with Crippen LogP contribution >= 0.6 is 22.7 Å². The summed E-state index contributed by atoms with van der Waals surface area (Å²) >= 11 is 1.81. The number of aryl methyl sites for hydroxylation is 2. The zero-order valence-electron chi connectivity index (χ0n) is 50.3. The molecule has 32 nitrogen and oxygen atoms in total. The topological polar surface area (TPSA) is 449 Å². The number of nitrogens with two attached hydrogens (primary N) is 4. The first-order valence-electron chi connectivity index (χ1n) is 27.7. The molecule has 4 aromatic heterocycles. The molecule has 2 fully saturated rings. The number of nitrogen functional groups attached to an aromatic ring is 2. The number of aliphatic carboxylic acids is 2. The number of amides is 4. The number of thiazole rings is 2. The van der Waals surface area contributed by atoms with Crippen LogP contribution in [0.1, 0.15) is 52.9 Å². The number of carboxylic acid groups (broad SMARTS) is 2. The molecule has 0 bridgehead atoms. The van der Waals surface area contributed by atoms with Crippen LogP contribution in [0.5, 0.6) is 11.5 Å². The predicted molar refractivity (Wildman–Crippen MR) is 329 cm³/mol. The van der Waals surface area contributed by atoms with Crippen molar-refractivity contribution in [3.05, 3.63) is 107 Å². The molecule has 0 saturated carbocycles. The smallest absolute Gasteiger partial charge is 0.442 e. The molecule has 91 heavy (non-hydrogen) atoms. The summed E-state index contributed by atoms with van der Waals surface area (Å²) in [5, 5.41) is 42.5. The van der Waals surface area contributed by atoms with E-state index in [1.54, 1.807) is 48.5 Å². The van der Waals surface area contributed by atoms with E-state index in [1.807, 2.05) is 73.7 Å². The third-order valence-corrected chi connectivity index (χ3v) is 16.2. The summed E-state index contributed by atoms with van der Waals surface area (Å²) in [6.07, 6.45) is 0.276. The molecule has 2 aliphatic rings. The van der Waals surface area contributed by atoms with Crippen molar-refractivity contribution in [1.29, 1.82) is 0 Å². The number of nitrogens with zero attached hydrogens (tertiary/aromatic N) is 8. The van der Waals surface area contributed by atoms with Crippen molar-refractivity contribution in [2.24, 2.45) is 35.9 Å². The lowest BCUT2D eigenvalue weighted by Gasteiger charge is -2.52. The maximum Gasteiger partial charge on any atom is 0.442 e. The van der Waals surface area contributed by atoms with Gasteiger partial charge in [0.25, 0.3) is 47.5 Å². The van der Waals surface area contributed by atoms with Crippen LogP contribution in [-0.2, 0) is 71.5 Å². The molecular formula is C56H68N16O16S3+2. The minimum absolute atomic E-state index is 0.0144. The molecule has 14 N–H and O–H groups in total. The number of pyridine rings is 2. The van der Waals surface area contributed by atoms with E-state index in [-0.39, 0.29) is 45.2 Å². The van der Waals surface area contributed by atoms with Crippen molar-refractivity contribution in [3.8, 4) is 33.8 Å². The number of carbonyl (C=O) groups excluding carboxylic acids is 4. The fourth-order valence-corrected chi connectivity index (χ4v) is 10.9. The van der Waals surface area contributed by atoms with Crippen LogP contribution in [0.25, 0.3) is 22.3 Å². The van der Waals surface area contributed by atoms with Gasteiger partial charge in [0.2, 0.25) is 0 Å². The van der Waals surface area contributed by atoms with Gasteiger partial charge in [0.05, 0.1) is 37.6 Å². The molecule has 4 amide bonds. The van der Waals surface area contributed by atoms with Crippen LogP contribution in [0.4, 0.5) is 21.9 Å². The van der Waals surface area contributed by atoms with Crippen molar-refractivity contribution in [2.45, 2.75) is 89.0 Å². The molecule has 8 rings (SSSR count). The highest BCUT2D eigenvalue weighted by Crippen LogP contribution is 2.37. The van der Waals surface area contributed by atoms with E-state index < -0.39 is 106 Å². The van der Waals surface area contributed by atoms with Gasteiger partial charge in [-0.1, -0.05) is 34.6 Å². The van der Waals surface area contributed by atoms with E-state index in [9.17, 15) is 47.4 Å². The Labute approximate surface area is 528 Å². The molecule has 0 spiro atoms. The number of oxime groups is 2. The highest BCUT2D eigenvalue weighted by molar-refractivity contribution is 7.81. The Morgan fingerprint density at radius 1 is 0.626 bits per heavy atom. The first kappa shape index (κ1) is 67.3. The molecule has 6 aromatic rings. The average Bonchev–Trinajstić information content (AvgIpc) is 1.19. The Balaban J connectivity index is 0.858. The van der Waals surface area contributed by atoms with Crippen LogP contribution in [0.2, 0.25) is 0 Å². The predicted octanol–water partition coefficient (Wildman–Crippen LogP) is 0.790. The number of β-lactam (4-membered cyclic amide) rings is 2. The van der Waals surface area contributed by atoms with Gasteiger partial charge in [-0.2, -0.15) is 18.5 Å². The number of benzene rings is 2. The number of rotatable bonds is 30. The Kier molecular flexibility index (Phi) is 20.7. The highest BCUT2D eigenvalue weighted by Gasteiger charge is 2.61. The second-order valence-electron chi connectivity index (χ2n) is 21.9. The fourth-order valence-electron chi connectivity index (χ4n) is 8.88. The Hall–Kier alpha value is -9.65. The van der Waals surface area contributed by atoms with E-state index in [2.05, 4.69) is 41.5 Å². The van der Waals surface area contributed by atoms with Crippen LogP contribution in [0.15, 0.2) is 106 Å². The third-order valence-electron chi connectivity index (χ3n) is 14.2. The van der Waals surface area contributed by atoms with Crippen LogP contribution in [0, 0.1) is 0 Å². The summed E-state index contributed by atoms with van der Waals surface area (Å²) in [6.45, 7) is 8.91. The van der Waals surface area contributed by atoms with E-state index in [1.165, 1.54) is 38.5 Å². The van der Waals surface area contributed by atoms with Crippen molar-refractivity contribution < 1.29 is 84.2 Å². The van der Waals surface area contributed by atoms with Gasteiger partial charge in [0.15, 0.2) is 21.7 Å². The van der Waals surface area contributed by atoms with Gasteiger partial charge in [-0.05, 0) is 89.1 Å². The number of aromatic nitrogens is 4. The van der Waals surface area contributed by atoms with Crippen LogP contribution in [0.3, 0.4) is 0 Å². The zero-order valence-corrected chi connectivity index (χ0v) is 52.7. The largest absolute Gasteiger partial charge is 0.489 e. The van der Waals surface area contributed by atoms with Gasteiger partial charge >= 0.3 is 22.3 Å². The summed E-state index contributed by atoms with van der Waals surface area (Å²) in [5.41, 5.74) is 21.7. The van der Waals surface area contributed by atoms with Gasteiger partial charge in [0.1, 0.15) is 60.3 Å². The molecule has 0 radical (unpaired) electrons. The number of ether oxygens (including phenoxy) is 2. The number of carboxylic acids is 2. The SMILES string of the molecule is CC(CN)Nc1ccc(-c2ccc(OC[C@H](O/N=C(\C(=O)N[C@@H]3C(=O)N(OS(=O)(=O)ON4C(=O)[C@@H](NC(=O)/C(=N\O[C@@H](COc5ccc(-c6ccc(NC(C)CN)[n+](C)c6)cc5)C(=O)O)c5csc(N)n5)C4(C)C)C3(C)C)c3csc(N)n3)C(=O)O)cc2)c[n+]1C.